The molecule has 2 heterocycles. The monoisotopic (exact) mass is 256 g/mol. The molecule has 1 spiro atoms. The zero-order chi connectivity index (χ0) is 11.9. The van der Waals surface area contributed by atoms with Crippen molar-refractivity contribution in [3.8, 4) is 0 Å². The maximum Gasteiger partial charge on any atom is 0.0783 e. The highest BCUT2D eigenvalue weighted by Crippen LogP contribution is 2.53. The average molecular weight is 256 g/mol. The molecule has 0 aromatic heterocycles. The number of thioether (sulfide) groups is 1. The van der Waals surface area contributed by atoms with E-state index in [0.29, 0.717) is 17.4 Å². The summed E-state index contributed by atoms with van der Waals surface area (Å²) >= 11 is 2.05. The van der Waals surface area contributed by atoms with Crippen molar-refractivity contribution in [1.29, 1.82) is 0 Å². The second-order valence-electron chi connectivity index (χ2n) is 6.39. The van der Waals surface area contributed by atoms with Crippen molar-refractivity contribution in [2.75, 3.05) is 18.1 Å². The third-order valence-corrected chi connectivity index (χ3v) is 6.26. The van der Waals surface area contributed by atoms with Gasteiger partial charge in [0.15, 0.2) is 0 Å². The lowest BCUT2D eigenvalue weighted by Gasteiger charge is -2.42. The minimum atomic E-state index is 0.188. The van der Waals surface area contributed by atoms with E-state index in [4.69, 9.17) is 10.6 Å². The molecule has 0 bridgehead atoms. The molecular weight excluding hydrogens is 232 g/mol. The smallest absolute Gasteiger partial charge is 0.0783 e. The lowest BCUT2D eigenvalue weighted by Crippen LogP contribution is -2.52. The van der Waals surface area contributed by atoms with Crippen LogP contribution in [0.2, 0.25) is 0 Å². The van der Waals surface area contributed by atoms with Crippen LogP contribution in [0.15, 0.2) is 0 Å². The van der Waals surface area contributed by atoms with Gasteiger partial charge in [-0.05, 0) is 49.2 Å². The van der Waals surface area contributed by atoms with Crippen LogP contribution in [0.1, 0.15) is 39.0 Å². The van der Waals surface area contributed by atoms with Gasteiger partial charge in [-0.3, -0.25) is 11.3 Å². The molecule has 2 aliphatic heterocycles. The van der Waals surface area contributed by atoms with Crippen LogP contribution in [0.5, 0.6) is 0 Å². The van der Waals surface area contributed by atoms with Gasteiger partial charge in [-0.15, -0.1) is 0 Å². The zero-order valence-corrected chi connectivity index (χ0v) is 11.5. The van der Waals surface area contributed by atoms with Gasteiger partial charge in [-0.25, -0.2) is 0 Å². The molecule has 3 unspecified atom stereocenters. The van der Waals surface area contributed by atoms with Crippen LogP contribution < -0.4 is 11.3 Å². The Morgan fingerprint density at radius 1 is 1.41 bits per heavy atom. The van der Waals surface area contributed by atoms with Gasteiger partial charge in [0.1, 0.15) is 0 Å². The summed E-state index contributed by atoms with van der Waals surface area (Å²) in [6, 6.07) is 0.494. The summed E-state index contributed by atoms with van der Waals surface area (Å²) in [6.45, 7) is 3.31. The van der Waals surface area contributed by atoms with E-state index in [1.54, 1.807) is 0 Å². The summed E-state index contributed by atoms with van der Waals surface area (Å²) < 4.78 is 6.09. The number of hydrogen-bond acceptors (Lipinski definition) is 4. The van der Waals surface area contributed by atoms with Crippen molar-refractivity contribution >= 4 is 11.8 Å². The van der Waals surface area contributed by atoms with E-state index >= 15 is 0 Å². The van der Waals surface area contributed by atoms with Gasteiger partial charge in [-0.1, -0.05) is 6.92 Å². The summed E-state index contributed by atoms with van der Waals surface area (Å²) in [5, 5.41) is 0. The second kappa shape index (κ2) is 4.41. The fourth-order valence-corrected chi connectivity index (χ4v) is 5.01. The van der Waals surface area contributed by atoms with E-state index in [0.717, 1.165) is 6.61 Å². The lowest BCUT2D eigenvalue weighted by atomic mass is 9.76. The van der Waals surface area contributed by atoms with Crippen molar-refractivity contribution in [2.24, 2.45) is 17.2 Å². The molecule has 0 radical (unpaired) electrons. The molecule has 1 saturated carbocycles. The topological polar surface area (TPSA) is 47.3 Å². The van der Waals surface area contributed by atoms with Crippen LogP contribution in [-0.2, 0) is 4.74 Å². The lowest BCUT2D eigenvalue weighted by molar-refractivity contribution is -0.0889. The first-order valence-electron chi connectivity index (χ1n) is 6.85. The average Bonchev–Trinajstić information content (AvgIpc) is 2.89. The fourth-order valence-electron chi connectivity index (χ4n) is 3.63. The quantitative estimate of drug-likeness (QED) is 0.598. The number of rotatable bonds is 3. The third kappa shape index (κ3) is 2.25. The number of nitrogens with two attached hydrogens (primary N) is 1. The van der Waals surface area contributed by atoms with Crippen molar-refractivity contribution in [2.45, 2.75) is 50.7 Å². The third-order valence-electron chi connectivity index (χ3n) is 5.04. The molecule has 3 atom stereocenters. The maximum atomic E-state index is 6.09. The predicted molar refractivity (Wildman–Crippen MR) is 71.8 cm³/mol. The zero-order valence-electron chi connectivity index (χ0n) is 10.7. The molecule has 0 aromatic carbocycles. The summed E-state index contributed by atoms with van der Waals surface area (Å²) in [5.74, 6) is 8.99. The predicted octanol–water partition coefficient (Wildman–Crippen LogP) is 1.92. The first kappa shape index (κ1) is 12.3. The minimum Gasteiger partial charge on any atom is -0.374 e. The van der Waals surface area contributed by atoms with Crippen LogP contribution in [0.3, 0.4) is 0 Å². The van der Waals surface area contributed by atoms with Gasteiger partial charge in [0.05, 0.1) is 5.60 Å². The molecule has 3 aliphatic rings. The Bertz CT molecular complexity index is 287. The Morgan fingerprint density at radius 2 is 2.24 bits per heavy atom. The molecule has 17 heavy (non-hydrogen) atoms. The first-order chi connectivity index (χ1) is 8.18. The molecule has 3 rings (SSSR count). The number of ether oxygens (including phenoxy) is 1. The SMILES string of the molecule is CC1(C(NN)C2CCOC3(CCSC3)C2)CC1. The highest BCUT2D eigenvalue weighted by Gasteiger charge is 2.51. The van der Waals surface area contributed by atoms with Crippen molar-refractivity contribution in [3.63, 3.8) is 0 Å². The van der Waals surface area contributed by atoms with Gasteiger partial charge in [0.2, 0.25) is 0 Å². The van der Waals surface area contributed by atoms with Crippen molar-refractivity contribution in [3.05, 3.63) is 0 Å². The van der Waals surface area contributed by atoms with Gasteiger partial charge < -0.3 is 4.74 Å². The van der Waals surface area contributed by atoms with Gasteiger partial charge >= 0.3 is 0 Å². The minimum absolute atomic E-state index is 0.188. The molecule has 3 nitrogen and oxygen atoms in total. The number of nitrogens with one attached hydrogen (secondary N) is 1. The van der Waals surface area contributed by atoms with E-state index in [1.165, 1.54) is 43.6 Å². The molecular formula is C13H24N2OS. The summed E-state index contributed by atoms with van der Waals surface area (Å²) in [5.41, 5.74) is 3.77. The van der Waals surface area contributed by atoms with Crippen LogP contribution in [0.4, 0.5) is 0 Å². The Morgan fingerprint density at radius 3 is 2.82 bits per heavy atom. The Balaban J connectivity index is 1.70. The van der Waals surface area contributed by atoms with Crippen molar-refractivity contribution in [1.82, 2.24) is 5.43 Å². The molecule has 0 amide bonds. The summed E-state index contributed by atoms with van der Waals surface area (Å²) in [4.78, 5) is 0. The van der Waals surface area contributed by atoms with Crippen molar-refractivity contribution < 1.29 is 4.74 Å². The molecule has 2 saturated heterocycles. The maximum absolute atomic E-state index is 6.09. The molecule has 98 valence electrons. The molecule has 3 N–H and O–H groups in total. The number of hydrazine groups is 1. The van der Waals surface area contributed by atoms with Crippen LogP contribution >= 0.6 is 11.8 Å². The van der Waals surface area contributed by atoms with E-state index in [2.05, 4.69) is 12.3 Å². The van der Waals surface area contributed by atoms with E-state index in [-0.39, 0.29) is 5.60 Å². The second-order valence-corrected chi connectivity index (χ2v) is 7.49. The Labute approximate surface area is 108 Å². The van der Waals surface area contributed by atoms with Crippen LogP contribution in [0, 0.1) is 11.3 Å². The molecule has 4 heteroatoms. The number of hydrogen-bond donors (Lipinski definition) is 2. The van der Waals surface area contributed by atoms with Crippen LogP contribution in [0.25, 0.3) is 0 Å². The largest absolute Gasteiger partial charge is 0.374 e. The van der Waals surface area contributed by atoms with Gasteiger partial charge in [0.25, 0.3) is 0 Å². The Hall–Kier alpha value is 0.230. The van der Waals surface area contributed by atoms with Crippen LogP contribution in [-0.4, -0.2) is 29.8 Å². The molecule has 0 aromatic rings. The Kier molecular flexibility index (Phi) is 3.18. The summed E-state index contributed by atoms with van der Waals surface area (Å²) in [6.07, 6.45) is 6.30. The molecule has 3 fully saturated rings. The highest BCUT2D eigenvalue weighted by atomic mass is 32.2. The van der Waals surface area contributed by atoms with Gasteiger partial charge in [0, 0.05) is 18.4 Å². The van der Waals surface area contributed by atoms with E-state index < -0.39 is 0 Å². The standard InChI is InChI=1S/C13H24N2OS/c1-12(3-4-12)11(15-14)10-2-6-16-13(8-10)5-7-17-9-13/h10-11,15H,2-9,14H2,1H3. The van der Waals surface area contributed by atoms with Gasteiger partial charge in [-0.2, -0.15) is 11.8 Å². The normalized spacial score (nSPS) is 41.6. The highest BCUT2D eigenvalue weighted by molar-refractivity contribution is 7.99. The molecule has 1 aliphatic carbocycles. The fraction of sp³-hybridized carbons (Fsp3) is 1.00. The summed E-state index contributed by atoms with van der Waals surface area (Å²) in [7, 11) is 0. The van der Waals surface area contributed by atoms with E-state index in [1.807, 2.05) is 11.8 Å². The first-order valence-corrected chi connectivity index (χ1v) is 8.01. The van der Waals surface area contributed by atoms with E-state index in [9.17, 15) is 0 Å².